The zero-order chi connectivity index (χ0) is 12.3. The summed E-state index contributed by atoms with van der Waals surface area (Å²) in [6.07, 6.45) is 5.53. The Morgan fingerprint density at radius 1 is 1.35 bits per heavy atom. The van der Waals surface area contributed by atoms with Crippen molar-refractivity contribution in [2.75, 3.05) is 33.7 Å². The number of nitrogens with zero attached hydrogens (tertiary/aromatic N) is 2. The molecule has 2 heterocycles. The van der Waals surface area contributed by atoms with Gasteiger partial charge in [-0.2, -0.15) is 0 Å². The van der Waals surface area contributed by atoms with Gasteiger partial charge in [-0.05, 0) is 25.2 Å². The summed E-state index contributed by atoms with van der Waals surface area (Å²) in [5, 5.41) is 0. The van der Waals surface area contributed by atoms with Crippen LogP contribution in [-0.4, -0.2) is 55.1 Å². The molecule has 2 aliphatic rings. The lowest BCUT2D eigenvalue weighted by Crippen LogP contribution is -2.51. The van der Waals surface area contributed by atoms with Crippen LogP contribution in [0.3, 0.4) is 0 Å². The van der Waals surface area contributed by atoms with Crippen molar-refractivity contribution in [2.24, 2.45) is 0 Å². The van der Waals surface area contributed by atoms with Crippen molar-refractivity contribution in [1.29, 1.82) is 0 Å². The van der Waals surface area contributed by atoms with Crippen LogP contribution in [0.4, 0.5) is 0 Å². The molecule has 0 aromatic rings. The largest absolute Gasteiger partial charge is 0.332 e. The van der Waals surface area contributed by atoms with Gasteiger partial charge in [0.05, 0.1) is 27.2 Å². The van der Waals surface area contributed by atoms with Crippen LogP contribution in [0.2, 0.25) is 0 Å². The molecular formula is C14H23N2O+. The maximum Gasteiger partial charge on any atom is 0.223 e. The molecule has 0 saturated carbocycles. The van der Waals surface area contributed by atoms with Gasteiger partial charge < -0.3 is 9.38 Å². The minimum atomic E-state index is 0.275. The van der Waals surface area contributed by atoms with E-state index < -0.39 is 0 Å². The van der Waals surface area contributed by atoms with Gasteiger partial charge in [-0.25, -0.2) is 0 Å². The van der Waals surface area contributed by atoms with Gasteiger partial charge >= 0.3 is 0 Å². The van der Waals surface area contributed by atoms with Crippen molar-refractivity contribution in [3.8, 4) is 11.8 Å². The van der Waals surface area contributed by atoms with Crippen LogP contribution in [-0.2, 0) is 4.79 Å². The van der Waals surface area contributed by atoms with Gasteiger partial charge in [0, 0.05) is 19.4 Å². The van der Waals surface area contributed by atoms with Crippen LogP contribution in [0, 0.1) is 11.8 Å². The highest BCUT2D eigenvalue weighted by atomic mass is 16.2. The lowest BCUT2D eigenvalue weighted by molar-refractivity contribution is -0.911. The second-order valence-electron chi connectivity index (χ2n) is 5.75. The molecule has 3 heteroatoms. The monoisotopic (exact) mass is 235 g/mol. The van der Waals surface area contributed by atoms with E-state index in [4.69, 9.17) is 0 Å². The highest BCUT2D eigenvalue weighted by molar-refractivity contribution is 5.78. The van der Waals surface area contributed by atoms with Gasteiger partial charge in [0.15, 0.2) is 6.04 Å². The maximum atomic E-state index is 11.4. The molecule has 17 heavy (non-hydrogen) atoms. The molecule has 3 nitrogen and oxygen atoms in total. The quantitative estimate of drug-likeness (QED) is 0.495. The lowest BCUT2D eigenvalue weighted by Gasteiger charge is -2.38. The molecule has 2 aliphatic heterocycles. The summed E-state index contributed by atoms with van der Waals surface area (Å²) in [6.45, 7) is 2.76. The van der Waals surface area contributed by atoms with E-state index in [0.717, 1.165) is 17.4 Å². The summed E-state index contributed by atoms with van der Waals surface area (Å²) < 4.78 is 1.01. The van der Waals surface area contributed by atoms with Crippen LogP contribution >= 0.6 is 0 Å². The van der Waals surface area contributed by atoms with Crippen molar-refractivity contribution in [3.63, 3.8) is 0 Å². The van der Waals surface area contributed by atoms with Crippen LogP contribution in [0.25, 0.3) is 0 Å². The fraction of sp³-hybridized carbons (Fsp3) is 0.786. The second kappa shape index (κ2) is 5.10. The Kier molecular flexibility index (Phi) is 3.73. The van der Waals surface area contributed by atoms with Gasteiger partial charge in [0.1, 0.15) is 0 Å². The smallest absolute Gasteiger partial charge is 0.223 e. The van der Waals surface area contributed by atoms with Gasteiger partial charge in [-0.1, -0.05) is 5.92 Å². The molecule has 2 saturated heterocycles. The number of hydrogen-bond acceptors (Lipinski definition) is 1. The second-order valence-corrected chi connectivity index (χ2v) is 5.75. The summed E-state index contributed by atoms with van der Waals surface area (Å²) in [6, 6.07) is 0.460. The molecule has 0 aromatic heterocycles. The van der Waals surface area contributed by atoms with Crippen LogP contribution in [0.5, 0.6) is 0 Å². The SMILES string of the molecule is C[N+]1(C)CCCC[C@H]1C#CCN1CCCC1=O. The van der Waals surface area contributed by atoms with Crippen LogP contribution < -0.4 is 0 Å². The average Bonchev–Trinajstić information content (AvgIpc) is 2.67. The standard InChI is InChI=1S/C14H23N2O/c1-16(2)12-4-3-7-13(16)8-5-10-15-11-6-9-14(15)17/h13H,3-4,6-7,9-12H2,1-2H3/q+1/t13-/m0/s1. The summed E-state index contributed by atoms with van der Waals surface area (Å²) in [5.74, 6) is 6.88. The number of carbonyl (C=O) groups is 1. The predicted molar refractivity (Wildman–Crippen MR) is 68.2 cm³/mol. The minimum Gasteiger partial charge on any atom is -0.332 e. The highest BCUT2D eigenvalue weighted by Gasteiger charge is 2.29. The van der Waals surface area contributed by atoms with E-state index in [1.165, 1.54) is 25.8 Å². The first-order chi connectivity index (χ1) is 8.09. The van der Waals surface area contributed by atoms with Gasteiger partial charge in [0.25, 0.3) is 0 Å². The predicted octanol–water partition coefficient (Wildman–Crippen LogP) is 1.24. The van der Waals surface area contributed by atoms with E-state index in [1.807, 2.05) is 4.90 Å². The Morgan fingerprint density at radius 3 is 2.82 bits per heavy atom. The molecule has 0 aliphatic carbocycles. The summed E-state index contributed by atoms with van der Waals surface area (Å²) >= 11 is 0. The molecule has 0 aromatic carbocycles. The van der Waals surface area contributed by atoms with E-state index in [-0.39, 0.29) is 5.91 Å². The fourth-order valence-electron chi connectivity index (χ4n) is 2.74. The molecule has 1 amide bonds. The molecule has 2 fully saturated rings. The Bertz CT molecular complexity index is 351. The van der Waals surface area contributed by atoms with Crippen LogP contribution in [0.15, 0.2) is 0 Å². The summed E-state index contributed by atoms with van der Waals surface area (Å²) in [4.78, 5) is 13.3. The zero-order valence-corrected chi connectivity index (χ0v) is 11.0. The average molecular weight is 235 g/mol. The van der Waals surface area contributed by atoms with E-state index in [1.54, 1.807) is 0 Å². The Labute approximate surface area is 104 Å². The highest BCUT2D eigenvalue weighted by Crippen LogP contribution is 2.20. The summed E-state index contributed by atoms with van der Waals surface area (Å²) in [7, 11) is 4.53. The number of piperidine rings is 1. The molecule has 0 N–H and O–H groups in total. The Hall–Kier alpha value is -1.01. The maximum absolute atomic E-state index is 11.4. The molecule has 94 valence electrons. The third-order valence-electron chi connectivity index (χ3n) is 4.02. The number of quaternary nitrogens is 1. The van der Waals surface area contributed by atoms with Gasteiger partial charge in [-0.3, -0.25) is 4.79 Å². The molecule has 0 radical (unpaired) electrons. The van der Waals surface area contributed by atoms with E-state index in [2.05, 4.69) is 25.9 Å². The fourth-order valence-corrected chi connectivity index (χ4v) is 2.74. The number of carbonyl (C=O) groups excluding carboxylic acids is 1. The Balaban J connectivity index is 1.89. The molecule has 0 unspecified atom stereocenters. The lowest BCUT2D eigenvalue weighted by atomic mass is 10.0. The van der Waals surface area contributed by atoms with Crippen molar-refractivity contribution >= 4 is 5.91 Å². The topological polar surface area (TPSA) is 20.3 Å². The van der Waals surface area contributed by atoms with Gasteiger partial charge in [-0.15, -0.1) is 0 Å². The number of rotatable bonds is 1. The number of likely N-dealkylation sites (tertiary alicyclic amines) is 2. The van der Waals surface area contributed by atoms with Crippen LogP contribution in [0.1, 0.15) is 32.1 Å². The third-order valence-corrected chi connectivity index (χ3v) is 4.02. The molecule has 0 spiro atoms. The zero-order valence-electron chi connectivity index (χ0n) is 11.0. The minimum absolute atomic E-state index is 0.275. The Morgan fingerprint density at radius 2 is 2.18 bits per heavy atom. The first kappa shape index (κ1) is 12.4. The van der Waals surface area contributed by atoms with E-state index in [9.17, 15) is 4.79 Å². The normalized spacial score (nSPS) is 27.8. The first-order valence-electron chi connectivity index (χ1n) is 6.68. The first-order valence-corrected chi connectivity index (χ1v) is 6.68. The number of amides is 1. The summed E-state index contributed by atoms with van der Waals surface area (Å²) in [5.41, 5.74) is 0. The van der Waals surface area contributed by atoms with E-state index >= 15 is 0 Å². The molecule has 2 rings (SSSR count). The molecule has 1 atom stereocenters. The van der Waals surface area contributed by atoms with Crippen molar-refractivity contribution < 1.29 is 9.28 Å². The van der Waals surface area contributed by atoms with Crippen molar-refractivity contribution in [3.05, 3.63) is 0 Å². The van der Waals surface area contributed by atoms with E-state index in [0.29, 0.717) is 19.0 Å². The number of hydrogen-bond donors (Lipinski definition) is 0. The van der Waals surface area contributed by atoms with Crippen molar-refractivity contribution in [2.45, 2.75) is 38.1 Å². The van der Waals surface area contributed by atoms with Crippen molar-refractivity contribution in [1.82, 2.24) is 4.90 Å². The molecule has 0 bridgehead atoms. The molecular weight excluding hydrogens is 212 g/mol. The van der Waals surface area contributed by atoms with Gasteiger partial charge in [0.2, 0.25) is 5.91 Å². The third kappa shape index (κ3) is 3.01.